The Morgan fingerprint density at radius 1 is 1.30 bits per heavy atom. The third-order valence-corrected chi connectivity index (χ3v) is 4.60. The van der Waals surface area contributed by atoms with E-state index in [2.05, 4.69) is 61.1 Å². The number of hydrogen-bond donors (Lipinski definition) is 1. The topological polar surface area (TPSA) is 21.3 Å². The molecule has 0 radical (unpaired) electrons. The van der Waals surface area contributed by atoms with Crippen molar-refractivity contribution in [3.05, 3.63) is 52.2 Å². The lowest BCUT2D eigenvalue weighted by molar-refractivity contribution is 0.0919. The molecule has 1 aliphatic heterocycles. The van der Waals surface area contributed by atoms with E-state index < -0.39 is 0 Å². The average molecular weight is 287 g/mol. The van der Waals surface area contributed by atoms with Crippen LogP contribution in [-0.2, 0) is 6.42 Å². The number of nitrogens with one attached hydrogen (secondary N) is 1. The van der Waals surface area contributed by atoms with Gasteiger partial charge in [0.25, 0.3) is 0 Å². The summed E-state index contributed by atoms with van der Waals surface area (Å²) in [5.41, 5.74) is 2.47. The second-order valence-corrected chi connectivity index (χ2v) is 6.86. The zero-order chi connectivity index (χ0) is 14.2. The molecule has 20 heavy (non-hydrogen) atoms. The zero-order valence-corrected chi connectivity index (χ0v) is 13.0. The van der Waals surface area contributed by atoms with Crippen LogP contribution in [0.1, 0.15) is 37.9 Å². The molecule has 1 aliphatic rings. The van der Waals surface area contributed by atoms with Gasteiger partial charge >= 0.3 is 0 Å². The Balaban J connectivity index is 1.75. The fraction of sp³-hybridized carbons (Fsp3) is 0.412. The van der Waals surface area contributed by atoms with E-state index >= 15 is 0 Å². The first-order chi connectivity index (χ1) is 9.56. The number of ether oxygens (including phenoxy) is 1. The summed E-state index contributed by atoms with van der Waals surface area (Å²) in [6.07, 6.45) is 1.05. The van der Waals surface area contributed by atoms with Crippen molar-refractivity contribution in [3.8, 4) is 5.75 Å². The molecule has 106 valence electrons. The minimum absolute atomic E-state index is 0.202. The lowest BCUT2D eigenvalue weighted by Gasteiger charge is -2.30. The van der Waals surface area contributed by atoms with Gasteiger partial charge in [0.05, 0.1) is 6.04 Å². The van der Waals surface area contributed by atoms with Gasteiger partial charge in [0, 0.05) is 11.6 Å². The molecule has 2 unspecified atom stereocenters. The SMILES string of the molecule is CC(Cc1ccsc1)NC1c2ccccc2OC1(C)C. The first-order valence-electron chi connectivity index (χ1n) is 7.11. The van der Waals surface area contributed by atoms with Crippen molar-refractivity contribution in [2.45, 2.75) is 44.9 Å². The predicted molar refractivity (Wildman–Crippen MR) is 84.5 cm³/mol. The van der Waals surface area contributed by atoms with E-state index in [4.69, 9.17) is 4.74 Å². The Labute approximate surface area is 124 Å². The summed E-state index contributed by atoms with van der Waals surface area (Å²) in [6.45, 7) is 6.55. The first kappa shape index (κ1) is 13.7. The van der Waals surface area contributed by atoms with E-state index in [1.54, 1.807) is 11.3 Å². The Morgan fingerprint density at radius 3 is 2.85 bits per heavy atom. The number of fused-ring (bicyclic) bond motifs is 1. The van der Waals surface area contributed by atoms with Crippen LogP contribution in [0.25, 0.3) is 0 Å². The van der Waals surface area contributed by atoms with Crippen LogP contribution in [0.4, 0.5) is 0 Å². The van der Waals surface area contributed by atoms with Gasteiger partial charge in [-0.3, -0.25) is 0 Å². The maximum absolute atomic E-state index is 6.08. The van der Waals surface area contributed by atoms with E-state index in [0.717, 1.165) is 12.2 Å². The van der Waals surface area contributed by atoms with Crippen LogP contribution in [0.5, 0.6) is 5.75 Å². The molecule has 0 fully saturated rings. The molecule has 0 aliphatic carbocycles. The van der Waals surface area contributed by atoms with Crippen LogP contribution in [0.15, 0.2) is 41.1 Å². The second-order valence-electron chi connectivity index (χ2n) is 6.08. The van der Waals surface area contributed by atoms with E-state index in [1.165, 1.54) is 11.1 Å². The predicted octanol–water partition coefficient (Wildman–Crippen LogP) is 4.18. The van der Waals surface area contributed by atoms with Crippen LogP contribution in [-0.4, -0.2) is 11.6 Å². The molecule has 0 saturated heterocycles. The molecule has 2 atom stereocenters. The number of para-hydroxylation sites is 1. The van der Waals surface area contributed by atoms with Crippen LogP contribution in [0.3, 0.4) is 0 Å². The molecule has 2 aromatic rings. The average Bonchev–Trinajstić information content (AvgIpc) is 2.97. The van der Waals surface area contributed by atoms with Gasteiger partial charge in [0.1, 0.15) is 11.4 Å². The van der Waals surface area contributed by atoms with Crippen molar-refractivity contribution in [1.82, 2.24) is 5.32 Å². The van der Waals surface area contributed by atoms with Crippen LogP contribution in [0, 0.1) is 0 Å². The minimum atomic E-state index is -0.202. The number of hydrogen-bond acceptors (Lipinski definition) is 3. The number of rotatable bonds is 4. The molecule has 1 aromatic heterocycles. The normalized spacial score (nSPS) is 21.2. The number of benzene rings is 1. The summed E-state index contributed by atoms with van der Waals surface area (Å²) in [5, 5.41) is 8.11. The Bertz CT molecular complexity index is 576. The molecule has 1 aromatic carbocycles. The molecular formula is C17H21NOS. The lowest BCUT2D eigenvalue weighted by Crippen LogP contribution is -2.43. The van der Waals surface area contributed by atoms with Gasteiger partial charge in [-0.15, -0.1) is 0 Å². The molecule has 1 N–H and O–H groups in total. The molecule has 3 rings (SSSR count). The van der Waals surface area contributed by atoms with Crippen molar-refractivity contribution >= 4 is 11.3 Å². The standard InChI is InChI=1S/C17H21NOS/c1-12(10-13-8-9-20-11-13)18-16-14-6-4-5-7-15(14)19-17(16,2)3/h4-9,11-12,16,18H,10H2,1-3H3. The van der Waals surface area contributed by atoms with E-state index in [9.17, 15) is 0 Å². The summed E-state index contributed by atoms with van der Waals surface area (Å²) in [5.74, 6) is 1.01. The Hall–Kier alpha value is -1.32. The van der Waals surface area contributed by atoms with Crippen molar-refractivity contribution in [3.63, 3.8) is 0 Å². The molecule has 2 nitrogen and oxygen atoms in total. The quantitative estimate of drug-likeness (QED) is 0.911. The Kier molecular flexibility index (Phi) is 3.57. The van der Waals surface area contributed by atoms with Gasteiger partial charge in [-0.2, -0.15) is 11.3 Å². The summed E-state index contributed by atoms with van der Waals surface area (Å²) >= 11 is 1.76. The summed E-state index contributed by atoms with van der Waals surface area (Å²) < 4.78 is 6.08. The van der Waals surface area contributed by atoms with E-state index in [1.807, 2.05) is 6.07 Å². The van der Waals surface area contributed by atoms with Gasteiger partial charge in [-0.1, -0.05) is 18.2 Å². The fourth-order valence-electron chi connectivity index (χ4n) is 2.93. The molecular weight excluding hydrogens is 266 g/mol. The highest BCUT2D eigenvalue weighted by Gasteiger charge is 2.41. The molecule has 3 heteroatoms. The van der Waals surface area contributed by atoms with Gasteiger partial charge < -0.3 is 10.1 Å². The largest absolute Gasteiger partial charge is 0.486 e. The van der Waals surface area contributed by atoms with E-state index in [0.29, 0.717) is 6.04 Å². The van der Waals surface area contributed by atoms with Crippen molar-refractivity contribution in [1.29, 1.82) is 0 Å². The minimum Gasteiger partial charge on any atom is -0.486 e. The van der Waals surface area contributed by atoms with Crippen molar-refractivity contribution in [2.24, 2.45) is 0 Å². The summed E-state index contributed by atoms with van der Waals surface area (Å²) in [6, 6.07) is 11.2. The molecule has 2 heterocycles. The monoisotopic (exact) mass is 287 g/mol. The Morgan fingerprint density at radius 2 is 2.10 bits per heavy atom. The van der Waals surface area contributed by atoms with Gasteiger partial charge in [-0.25, -0.2) is 0 Å². The van der Waals surface area contributed by atoms with Crippen molar-refractivity contribution < 1.29 is 4.74 Å². The maximum atomic E-state index is 6.08. The maximum Gasteiger partial charge on any atom is 0.125 e. The van der Waals surface area contributed by atoms with Crippen LogP contribution >= 0.6 is 11.3 Å². The molecule has 0 bridgehead atoms. The third kappa shape index (κ3) is 2.60. The van der Waals surface area contributed by atoms with Crippen LogP contribution < -0.4 is 10.1 Å². The zero-order valence-electron chi connectivity index (χ0n) is 12.2. The van der Waals surface area contributed by atoms with Crippen molar-refractivity contribution in [2.75, 3.05) is 0 Å². The molecule has 0 spiro atoms. The van der Waals surface area contributed by atoms with Gasteiger partial charge in [0.2, 0.25) is 0 Å². The highest BCUT2D eigenvalue weighted by molar-refractivity contribution is 7.07. The first-order valence-corrected chi connectivity index (χ1v) is 8.05. The van der Waals surface area contributed by atoms with Gasteiger partial charge in [-0.05, 0) is 55.6 Å². The fourth-order valence-corrected chi connectivity index (χ4v) is 3.61. The number of thiophene rings is 1. The third-order valence-electron chi connectivity index (χ3n) is 3.87. The summed E-state index contributed by atoms with van der Waals surface area (Å²) in [7, 11) is 0. The molecule has 0 amide bonds. The van der Waals surface area contributed by atoms with Crippen LogP contribution in [0.2, 0.25) is 0 Å². The van der Waals surface area contributed by atoms with E-state index in [-0.39, 0.29) is 11.6 Å². The van der Waals surface area contributed by atoms with Gasteiger partial charge in [0.15, 0.2) is 0 Å². The second kappa shape index (κ2) is 5.23. The highest BCUT2D eigenvalue weighted by atomic mass is 32.1. The highest BCUT2D eigenvalue weighted by Crippen LogP contribution is 2.42. The summed E-state index contributed by atoms with van der Waals surface area (Å²) in [4.78, 5) is 0. The lowest BCUT2D eigenvalue weighted by atomic mass is 9.93. The molecule has 0 saturated carbocycles. The smallest absolute Gasteiger partial charge is 0.125 e.